The van der Waals surface area contributed by atoms with Gasteiger partial charge < -0.3 is 29.9 Å². The Bertz CT molecular complexity index is 1080. The number of nitrogens with one attached hydrogen (secondary N) is 1. The van der Waals surface area contributed by atoms with Crippen LogP contribution in [-0.2, 0) is 9.53 Å². The van der Waals surface area contributed by atoms with Crippen LogP contribution in [0.1, 0.15) is 43.4 Å². The molecule has 38 heavy (non-hydrogen) atoms. The Kier molecular flexibility index (Phi) is 9.58. The second-order valence-electron chi connectivity index (χ2n) is 10.6. The summed E-state index contributed by atoms with van der Waals surface area (Å²) < 4.78 is 5.59. The molecule has 4 heterocycles. The molecular formula is C29H41N5O4. The summed E-state index contributed by atoms with van der Waals surface area (Å²) in [5.74, 6) is 2.11. The molecule has 3 saturated heterocycles. The molecule has 0 saturated carbocycles. The Morgan fingerprint density at radius 1 is 1.13 bits per heavy atom. The van der Waals surface area contributed by atoms with Gasteiger partial charge in [0.05, 0.1) is 13.2 Å². The van der Waals surface area contributed by atoms with Crippen molar-refractivity contribution < 1.29 is 19.4 Å². The summed E-state index contributed by atoms with van der Waals surface area (Å²) in [6.07, 6.45) is 3.37. The molecule has 2 amide bonds. The molecule has 2 aromatic rings. The highest BCUT2D eigenvalue weighted by molar-refractivity contribution is 5.90. The first-order valence-corrected chi connectivity index (χ1v) is 13.7. The van der Waals surface area contributed by atoms with Crippen LogP contribution < -0.4 is 10.2 Å². The number of rotatable bonds is 5. The van der Waals surface area contributed by atoms with Gasteiger partial charge in [-0.25, -0.2) is 9.78 Å². The van der Waals surface area contributed by atoms with Crippen LogP contribution in [-0.4, -0.2) is 91.9 Å². The van der Waals surface area contributed by atoms with Crippen LogP contribution in [0.15, 0.2) is 30.3 Å². The first-order chi connectivity index (χ1) is 18.4. The summed E-state index contributed by atoms with van der Waals surface area (Å²) in [6, 6.07) is 10.8. The van der Waals surface area contributed by atoms with E-state index in [4.69, 9.17) is 19.6 Å². The molecular weight excluding hydrogens is 482 g/mol. The molecule has 0 bridgehead atoms. The van der Waals surface area contributed by atoms with Crippen LogP contribution in [0, 0.1) is 12.8 Å². The van der Waals surface area contributed by atoms with Gasteiger partial charge in [0.25, 0.3) is 6.47 Å². The van der Waals surface area contributed by atoms with Crippen molar-refractivity contribution in [1.82, 2.24) is 14.8 Å². The number of carboxylic acid groups (broad SMARTS) is 1. The Morgan fingerprint density at radius 3 is 2.55 bits per heavy atom. The quantitative estimate of drug-likeness (QED) is 0.565. The van der Waals surface area contributed by atoms with Gasteiger partial charge in [-0.2, -0.15) is 0 Å². The van der Waals surface area contributed by atoms with Crippen molar-refractivity contribution in [3.63, 3.8) is 0 Å². The molecule has 0 spiro atoms. The summed E-state index contributed by atoms with van der Waals surface area (Å²) in [5.41, 5.74) is 5.54. The molecule has 2 N–H and O–H groups in total. The van der Waals surface area contributed by atoms with E-state index >= 15 is 0 Å². The average molecular weight is 524 g/mol. The van der Waals surface area contributed by atoms with E-state index in [1.807, 2.05) is 11.0 Å². The van der Waals surface area contributed by atoms with E-state index in [2.05, 4.69) is 60.3 Å². The van der Waals surface area contributed by atoms with E-state index in [-0.39, 0.29) is 12.5 Å². The van der Waals surface area contributed by atoms with Crippen LogP contribution in [0.3, 0.4) is 0 Å². The molecule has 2 atom stereocenters. The molecule has 9 nitrogen and oxygen atoms in total. The fourth-order valence-electron chi connectivity index (χ4n) is 5.60. The Labute approximate surface area is 225 Å². The van der Waals surface area contributed by atoms with Gasteiger partial charge in [0.1, 0.15) is 5.82 Å². The SMILES string of the molecule is CC[C@@H]1CCN(C(=O)Nc2ccc(C)c(-c3cc(C4CCN(C)C4)nc(N4CCOCC4)c3)c2)C1.O=CO. The fourth-order valence-corrected chi connectivity index (χ4v) is 5.60. The van der Waals surface area contributed by atoms with Crippen LogP contribution in [0.4, 0.5) is 16.3 Å². The first-order valence-electron chi connectivity index (χ1n) is 13.7. The third kappa shape index (κ3) is 6.82. The fraction of sp³-hybridized carbons (Fsp3) is 0.552. The standard InChI is InChI=1S/C28H39N5O2.CH2O2/c1-4-21-7-10-33(18-21)28(34)29-24-6-5-20(2)25(17-24)23-15-26(22-8-9-31(3)19-22)30-27(16-23)32-11-13-35-14-12-32;2-1-3/h5-6,15-17,21-22H,4,7-14,18-19H2,1-3H3,(H,29,34);1H,(H,2,3)/t21-,22?;/m1./s1. The van der Waals surface area contributed by atoms with Crippen molar-refractivity contribution in [2.45, 2.75) is 39.0 Å². The highest BCUT2D eigenvalue weighted by Gasteiger charge is 2.26. The number of hydrogen-bond acceptors (Lipinski definition) is 6. The summed E-state index contributed by atoms with van der Waals surface area (Å²) in [4.78, 5) is 33.1. The lowest BCUT2D eigenvalue weighted by Crippen LogP contribution is -2.37. The predicted octanol–water partition coefficient (Wildman–Crippen LogP) is 4.28. The molecule has 0 aliphatic carbocycles. The van der Waals surface area contributed by atoms with Gasteiger partial charge in [-0.3, -0.25) is 4.79 Å². The van der Waals surface area contributed by atoms with Crippen molar-refractivity contribution >= 4 is 24.0 Å². The topological polar surface area (TPSA) is 98.2 Å². The van der Waals surface area contributed by atoms with Gasteiger partial charge in [-0.15, -0.1) is 0 Å². The number of likely N-dealkylation sites (tertiary alicyclic amines) is 2. The number of amides is 2. The zero-order valence-electron chi connectivity index (χ0n) is 22.9. The Morgan fingerprint density at radius 2 is 1.89 bits per heavy atom. The van der Waals surface area contributed by atoms with Crippen molar-refractivity contribution in [3.05, 3.63) is 41.6 Å². The maximum atomic E-state index is 12.9. The van der Waals surface area contributed by atoms with Crippen molar-refractivity contribution in [2.75, 3.05) is 69.7 Å². The molecule has 5 rings (SSSR count). The number of likely N-dealkylation sites (N-methyl/N-ethyl adjacent to an activating group) is 1. The minimum absolute atomic E-state index is 0.00849. The van der Waals surface area contributed by atoms with E-state index in [1.54, 1.807) is 0 Å². The lowest BCUT2D eigenvalue weighted by molar-refractivity contribution is -0.122. The van der Waals surface area contributed by atoms with Crippen molar-refractivity contribution in [2.24, 2.45) is 5.92 Å². The van der Waals surface area contributed by atoms with E-state index in [0.29, 0.717) is 11.8 Å². The number of pyridine rings is 1. The lowest BCUT2D eigenvalue weighted by atomic mass is 9.96. The van der Waals surface area contributed by atoms with Crippen molar-refractivity contribution in [1.29, 1.82) is 0 Å². The number of benzene rings is 1. The van der Waals surface area contributed by atoms with E-state index in [0.717, 1.165) is 88.8 Å². The predicted molar refractivity (Wildman–Crippen MR) is 150 cm³/mol. The molecule has 1 aromatic carbocycles. The van der Waals surface area contributed by atoms with Gasteiger partial charge in [0.15, 0.2) is 0 Å². The normalized spacial score (nSPS) is 21.7. The average Bonchev–Trinajstić information content (AvgIpc) is 3.60. The van der Waals surface area contributed by atoms with E-state index in [1.165, 1.54) is 16.8 Å². The Hall–Kier alpha value is -3.17. The van der Waals surface area contributed by atoms with Gasteiger partial charge in [0.2, 0.25) is 0 Å². The number of nitrogens with zero attached hydrogens (tertiary/aromatic N) is 4. The molecule has 1 unspecified atom stereocenters. The first kappa shape index (κ1) is 27.9. The smallest absolute Gasteiger partial charge is 0.321 e. The minimum Gasteiger partial charge on any atom is -0.483 e. The molecule has 9 heteroatoms. The molecule has 3 aliphatic rings. The molecule has 0 radical (unpaired) electrons. The van der Waals surface area contributed by atoms with E-state index in [9.17, 15) is 4.79 Å². The largest absolute Gasteiger partial charge is 0.483 e. The monoisotopic (exact) mass is 523 g/mol. The number of morpholine rings is 1. The molecule has 1 aromatic heterocycles. The number of anilines is 2. The zero-order valence-corrected chi connectivity index (χ0v) is 22.9. The highest BCUT2D eigenvalue weighted by Crippen LogP contribution is 2.34. The third-order valence-electron chi connectivity index (χ3n) is 7.93. The summed E-state index contributed by atoms with van der Waals surface area (Å²) in [7, 11) is 2.19. The number of hydrogen-bond donors (Lipinski definition) is 2. The molecule has 206 valence electrons. The highest BCUT2D eigenvalue weighted by atomic mass is 16.5. The zero-order chi connectivity index (χ0) is 27.1. The third-order valence-corrected chi connectivity index (χ3v) is 7.93. The number of carbonyl (C=O) groups excluding carboxylic acids is 1. The van der Waals surface area contributed by atoms with Gasteiger partial charge in [-0.05, 0) is 80.2 Å². The van der Waals surface area contributed by atoms with Crippen LogP contribution in [0.25, 0.3) is 11.1 Å². The lowest BCUT2D eigenvalue weighted by Gasteiger charge is -2.29. The Balaban J connectivity index is 0.00000107. The van der Waals surface area contributed by atoms with Crippen molar-refractivity contribution in [3.8, 4) is 11.1 Å². The number of aromatic nitrogens is 1. The maximum absolute atomic E-state index is 12.9. The summed E-state index contributed by atoms with van der Waals surface area (Å²) >= 11 is 0. The number of carbonyl (C=O) groups is 2. The van der Waals surface area contributed by atoms with Gasteiger partial charge in [0, 0.05) is 50.0 Å². The molecule has 3 fully saturated rings. The maximum Gasteiger partial charge on any atom is 0.321 e. The van der Waals surface area contributed by atoms with E-state index < -0.39 is 0 Å². The van der Waals surface area contributed by atoms with Gasteiger partial charge in [-0.1, -0.05) is 19.4 Å². The molecule has 3 aliphatic heterocycles. The summed E-state index contributed by atoms with van der Waals surface area (Å²) in [5, 5.41) is 10.0. The van der Waals surface area contributed by atoms with Gasteiger partial charge >= 0.3 is 6.03 Å². The summed E-state index contributed by atoms with van der Waals surface area (Å²) in [6.45, 7) is 11.2. The number of aryl methyl sites for hydroxylation is 1. The second-order valence-corrected chi connectivity index (χ2v) is 10.6. The second kappa shape index (κ2) is 13.1. The van der Waals surface area contributed by atoms with Crippen LogP contribution >= 0.6 is 0 Å². The van der Waals surface area contributed by atoms with Crippen LogP contribution in [0.5, 0.6) is 0 Å². The number of urea groups is 1. The minimum atomic E-state index is -0.250. The van der Waals surface area contributed by atoms with Crippen LogP contribution in [0.2, 0.25) is 0 Å². The number of ether oxygens (including phenoxy) is 1.